The minimum Gasteiger partial charge on any atom is -0.378 e. The van der Waals surface area contributed by atoms with Crippen LogP contribution in [0.5, 0.6) is 0 Å². The fourth-order valence-corrected chi connectivity index (χ4v) is 2.88. The molecule has 0 saturated carbocycles. The molecular weight excluding hydrogens is 436 g/mol. The lowest BCUT2D eigenvalue weighted by molar-refractivity contribution is 0.0295. The van der Waals surface area contributed by atoms with E-state index in [4.69, 9.17) is 4.74 Å². The van der Waals surface area contributed by atoms with E-state index >= 15 is 0 Å². The molecule has 0 bridgehead atoms. The van der Waals surface area contributed by atoms with Crippen LogP contribution in [0.15, 0.2) is 0 Å². The van der Waals surface area contributed by atoms with Gasteiger partial charge in [-0.3, -0.25) is 9.48 Å². The van der Waals surface area contributed by atoms with Crippen molar-refractivity contribution in [3.05, 3.63) is 13.0 Å². The second-order valence-electron chi connectivity index (χ2n) is 3.48. The van der Waals surface area contributed by atoms with Crippen molar-refractivity contribution in [1.82, 2.24) is 14.7 Å². The van der Waals surface area contributed by atoms with Crippen molar-refractivity contribution in [2.24, 2.45) is 7.05 Å². The Labute approximate surface area is 121 Å². The average molecular weight is 447 g/mol. The van der Waals surface area contributed by atoms with Crippen molar-refractivity contribution in [2.45, 2.75) is 0 Å². The Kier molecular flexibility index (Phi) is 4.06. The minimum absolute atomic E-state index is 0.0469. The summed E-state index contributed by atoms with van der Waals surface area (Å²) in [5.74, 6) is 0.0469. The largest absolute Gasteiger partial charge is 0.378 e. The van der Waals surface area contributed by atoms with Crippen LogP contribution in [0.1, 0.15) is 10.5 Å². The molecule has 16 heavy (non-hydrogen) atoms. The van der Waals surface area contributed by atoms with Gasteiger partial charge >= 0.3 is 0 Å². The summed E-state index contributed by atoms with van der Waals surface area (Å²) in [5.41, 5.74) is 0.673. The molecule has 0 spiro atoms. The maximum absolute atomic E-state index is 12.3. The number of rotatable bonds is 1. The molecule has 0 radical (unpaired) electrons. The smallest absolute Gasteiger partial charge is 0.273 e. The Balaban J connectivity index is 2.25. The molecule has 1 aromatic heterocycles. The number of halogens is 2. The van der Waals surface area contributed by atoms with Crippen LogP contribution in [0, 0.1) is 7.27 Å². The molecule has 7 heteroatoms. The molecule has 0 aromatic carbocycles. The first kappa shape index (κ1) is 12.6. The Morgan fingerprint density at radius 2 is 2.00 bits per heavy atom. The van der Waals surface area contributed by atoms with Gasteiger partial charge in [-0.25, -0.2) is 0 Å². The summed E-state index contributed by atoms with van der Waals surface area (Å²) in [5, 5.41) is 4.24. The van der Waals surface area contributed by atoms with E-state index in [0.29, 0.717) is 32.0 Å². The lowest BCUT2D eigenvalue weighted by atomic mass is 10.3. The highest BCUT2D eigenvalue weighted by Gasteiger charge is 2.25. The number of hydrogen-bond donors (Lipinski definition) is 0. The monoisotopic (exact) mass is 447 g/mol. The number of aryl methyl sites for hydroxylation is 1. The second-order valence-corrected chi connectivity index (χ2v) is 5.58. The number of carbonyl (C=O) groups excluding carboxylic acids is 1. The van der Waals surface area contributed by atoms with Crippen LogP contribution in [0.25, 0.3) is 0 Å². The first-order valence-electron chi connectivity index (χ1n) is 4.86. The lowest BCUT2D eigenvalue weighted by Crippen LogP contribution is -2.41. The number of aromatic nitrogens is 2. The Hall–Kier alpha value is 0.1000. The first-order chi connectivity index (χ1) is 7.61. The van der Waals surface area contributed by atoms with Crippen LogP contribution in [-0.2, 0) is 11.8 Å². The topological polar surface area (TPSA) is 47.4 Å². The molecule has 0 unspecified atom stereocenters. The zero-order valence-corrected chi connectivity index (χ0v) is 13.1. The van der Waals surface area contributed by atoms with Gasteiger partial charge in [-0.05, 0) is 45.2 Å². The minimum atomic E-state index is 0.0469. The van der Waals surface area contributed by atoms with Gasteiger partial charge in [-0.2, -0.15) is 5.10 Å². The van der Waals surface area contributed by atoms with E-state index in [1.165, 1.54) is 0 Å². The van der Waals surface area contributed by atoms with Crippen LogP contribution >= 0.6 is 45.2 Å². The van der Waals surface area contributed by atoms with Crippen LogP contribution in [0.4, 0.5) is 0 Å². The maximum atomic E-state index is 12.3. The molecule has 2 heterocycles. The third-order valence-electron chi connectivity index (χ3n) is 2.45. The van der Waals surface area contributed by atoms with Gasteiger partial charge in [-0.1, -0.05) is 0 Å². The third kappa shape index (κ3) is 2.35. The zero-order valence-electron chi connectivity index (χ0n) is 8.74. The van der Waals surface area contributed by atoms with Crippen molar-refractivity contribution < 1.29 is 9.53 Å². The molecule has 88 valence electrons. The number of amides is 1. The zero-order chi connectivity index (χ0) is 11.7. The van der Waals surface area contributed by atoms with Crippen molar-refractivity contribution in [3.63, 3.8) is 0 Å². The van der Waals surface area contributed by atoms with Gasteiger partial charge in [0.05, 0.1) is 16.8 Å². The third-order valence-corrected chi connectivity index (χ3v) is 5.26. The van der Waals surface area contributed by atoms with Gasteiger partial charge in [-0.15, -0.1) is 0 Å². The standard InChI is InChI=1S/C9H11I2N3O2/c1-13-7(6(10)8(11)12-13)9(15)14-2-4-16-5-3-14/h2-5H2,1H3. The fourth-order valence-electron chi connectivity index (χ4n) is 1.61. The van der Waals surface area contributed by atoms with E-state index in [9.17, 15) is 4.79 Å². The summed E-state index contributed by atoms with van der Waals surface area (Å²) < 4.78 is 8.69. The fraction of sp³-hybridized carbons (Fsp3) is 0.556. The van der Waals surface area contributed by atoms with Gasteiger partial charge in [0.15, 0.2) is 0 Å². The van der Waals surface area contributed by atoms with E-state index in [2.05, 4.69) is 50.3 Å². The predicted molar refractivity (Wildman–Crippen MR) is 75.4 cm³/mol. The normalized spacial score (nSPS) is 16.6. The first-order valence-corrected chi connectivity index (χ1v) is 7.02. The molecular formula is C9H11I2N3O2. The second kappa shape index (κ2) is 5.17. The van der Waals surface area contributed by atoms with Crippen LogP contribution in [0.2, 0.25) is 0 Å². The Morgan fingerprint density at radius 1 is 1.38 bits per heavy atom. The summed E-state index contributed by atoms with van der Waals surface area (Å²) in [4.78, 5) is 14.1. The van der Waals surface area contributed by atoms with Gasteiger partial charge in [0.1, 0.15) is 9.39 Å². The van der Waals surface area contributed by atoms with E-state index in [1.807, 2.05) is 4.90 Å². The summed E-state index contributed by atoms with van der Waals surface area (Å²) in [6.07, 6.45) is 0. The molecule has 0 N–H and O–H groups in total. The van der Waals surface area contributed by atoms with E-state index < -0.39 is 0 Å². The summed E-state index contributed by atoms with van der Waals surface area (Å²) in [6, 6.07) is 0. The maximum Gasteiger partial charge on any atom is 0.273 e. The lowest BCUT2D eigenvalue weighted by Gasteiger charge is -2.26. The highest BCUT2D eigenvalue weighted by Crippen LogP contribution is 2.20. The molecule has 5 nitrogen and oxygen atoms in total. The summed E-state index contributed by atoms with van der Waals surface area (Å²) >= 11 is 4.31. The van der Waals surface area contributed by atoms with Crippen molar-refractivity contribution in [3.8, 4) is 0 Å². The Morgan fingerprint density at radius 3 is 2.50 bits per heavy atom. The van der Waals surface area contributed by atoms with Gasteiger partial charge in [0.2, 0.25) is 0 Å². The number of morpholine rings is 1. The van der Waals surface area contributed by atoms with Crippen molar-refractivity contribution in [2.75, 3.05) is 26.3 Å². The van der Waals surface area contributed by atoms with Gasteiger partial charge < -0.3 is 9.64 Å². The summed E-state index contributed by atoms with van der Waals surface area (Å²) in [7, 11) is 1.80. The quantitative estimate of drug-likeness (QED) is 0.607. The van der Waals surface area contributed by atoms with Crippen LogP contribution in [-0.4, -0.2) is 46.9 Å². The van der Waals surface area contributed by atoms with E-state index in [0.717, 1.165) is 7.27 Å². The van der Waals surface area contributed by atoms with E-state index in [-0.39, 0.29) is 5.91 Å². The van der Waals surface area contributed by atoms with Gasteiger partial charge in [0.25, 0.3) is 5.91 Å². The van der Waals surface area contributed by atoms with Gasteiger partial charge in [0, 0.05) is 20.1 Å². The molecule has 1 aromatic rings. The molecule has 1 aliphatic rings. The number of nitrogens with zero attached hydrogens (tertiary/aromatic N) is 3. The molecule has 1 amide bonds. The average Bonchev–Trinajstić information content (AvgIpc) is 2.54. The SMILES string of the molecule is Cn1nc(I)c(I)c1C(=O)N1CCOCC1. The molecule has 1 fully saturated rings. The highest BCUT2D eigenvalue weighted by molar-refractivity contribution is 14.1. The highest BCUT2D eigenvalue weighted by atomic mass is 127. The van der Waals surface area contributed by atoms with Crippen molar-refractivity contribution in [1.29, 1.82) is 0 Å². The number of ether oxygens (including phenoxy) is 1. The molecule has 1 saturated heterocycles. The molecule has 2 rings (SSSR count). The molecule has 1 aliphatic heterocycles. The van der Waals surface area contributed by atoms with Crippen molar-refractivity contribution >= 4 is 51.1 Å². The van der Waals surface area contributed by atoms with Crippen LogP contribution in [0.3, 0.4) is 0 Å². The number of hydrogen-bond acceptors (Lipinski definition) is 3. The van der Waals surface area contributed by atoms with Crippen LogP contribution < -0.4 is 0 Å². The Bertz CT molecular complexity index is 413. The summed E-state index contributed by atoms with van der Waals surface area (Å²) in [6.45, 7) is 2.57. The predicted octanol–water partition coefficient (Wildman–Crippen LogP) is 1.10. The molecule has 0 atom stereocenters. The molecule has 0 aliphatic carbocycles. The number of carbonyl (C=O) groups is 1. The van der Waals surface area contributed by atoms with E-state index in [1.54, 1.807) is 11.7 Å².